The van der Waals surface area contributed by atoms with Gasteiger partial charge in [0.1, 0.15) is 11.9 Å². The van der Waals surface area contributed by atoms with Gasteiger partial charge < -0.3 is 20.1 Å². The quantitative estimate of drug-likeness (QED) is 0.416. The number of halogens is 1. The number of aryl methyl sites for hydroxylation is 2. The Labute approximate surface area is 220 Å². The molecule has 2 aromatic rings. The number of hydrogen-bond donors (Lipinski definition) is 2. The van der Waals surface area contributed by atoms with Crippen molar-refractivity contribution in [1.82, 2.24) is 14.8 Å². The number of nitrogens with one attached hydrogen (secondary N) is 1. The molecule has 1 saturated heterocycles. The molecule has 4 rings (SSSR count). The van der Waals surface area contributed by atoms with Crippen LogP contribution in [0.3, 0.4) is 0 Å². The van der Waals surface area contributed by atoms with E-state index in [0.717, 1.165) is 62.3 Å². The van der Waals surface area contributed by atoms with E-state index in [0.29, 0.717) is 18.7 Å². The summed E-state index contributed by atoms with van der Waals surface area (Å²) in [6.07, 6.45) is 6.22. The van der Waals surface area contributed by atoms with Gasteiger partial charge in [0.25, 0.3) is 0 Å². The number of aromatic nitrogens is 1. The van der Waals surface area contributed by atoms with Crippen molar-refractivity contribution >= 4 is 11.8 Å². The molecule has 3 heterocycles. The van der Waals surface area contributed by atoms with Crippen molar-refractivity contribution in [3.05, 3.63) is 52.5 Å². The molecule has 1 unspecified atom stereocenters. The zero-order chi connectivity index (χ0) is 26.5. The number of carboxylic acids is 1. The number of pyridine rings is 1. The second kappa shape index (κ2) is 12.2. The number of unbranched alkanes of at least 4 members (excludes halogenated alkanes) is 1. The number of ether oxygens (including phenoxy) is 1. The minimum Gasteiger partial charge on any atom is -0.493 e. The Morgan fingerprint density at radius 2 is 2.14 bits per heavy atom. The Morgan fingerprint density at radius 3 is 2.86 bits per heavy atom. The smallest absolute Gasteiger partial charge is 0.325 e. The van der Waals surface area contributed by atoms with Crippen LogP contribution in [-0.4, -0.2) is 72.2 Å². The third kappa shape index (κ3) is 6.41. The maximum absolute atomic E-state index is 14.8. The Bertz CT molecular complexity index is 1090. The van der Waals surface area contributed by atoms with Gasteiger partial charge in [0.2, 0.25) is 0 Å². The van der Waals surface area contributed by atoms with Crippen molar-refractivity contribution in [1.29, 1.82) is 0 Å². The van der Waals surface area contributed by atoms with Crippen molar-refractivity contribution < 1.29 is 19.0 Å². The zero-order valence-electron chi connectivity index (χ0n) is 22.6. The lowest BCUT2D eigenvalue weighted by Gasteiger charge is -2.29. The first kappa shape index (κ1) is 27.3. The van der Waals surface area contributed by atoms with Gasteiger partial charge in [-0.15, -0.1) is 0 Å². The van der Waals surface area contributed by atoms with Crippen LogP contribution in [0.5, 0.6) is 5.75 Å². The van der Waals surface area contributed by atoms with Crippen LogP contribution in [0.1, 0.15) is 73.9 Å². The summed E-state index contributed by atoms with van der Waals surface area (Å²) in [4.78, 5) is 21.5. The number of rotatable bonds is 11. The van der Waals surface area contributed by atoms with Crippen molar-refractivity contribution in [3.8, 4) is 5.75 Å². The van der Waals surface area contributed by atoms with E-state index in [4.69, 9.17) is 9.72 Å². The number of aliphatic carboxylic acids is 1. The highest BCUT2D eigenvalue weighted by Gasteiger charge is 2.37. The van der Waals surface area contributed by atoms with Crippen LogP contribution in [0.4, 0.5) is 10.2 Å². The van der Waals surface area contributed by atoms with E-state index in [9.17, 15) is 14.3 Å². The molecule has 0 radical (unpaired) electrons. The Kier molecular flexibility index (Phi) is 9.03. The minimum atomic E-state index is -0.978. The van der Waals surface area contributed by atoms with Crippen LogP contribution < -0.4 is 10.1 Å². The van der Waals surface area contributed by atoms with Gasteiger partial charge in [0.15, 0.2) is 11.6 Å². The lowest BCUT2D eigenvalue weighted by atomic mass is 9.95. The van der Waals surface area contributed by atoms with Gasteiger partial charge in [-0.1, -0.05) is 19.9 Å². The summed E-state index contributed by atoms with van der Waals surface area (Å²) in [7, 11) is 3.51. The molecule has 202 valence electrons. The molecule has 1 aromatic carbocycles. The number of likely N-dealkylation sites (tertiary alicyclic amines) is 1. The number of fused-ring (bicyclic) bond motifs is 1. The lowest BCUT2D eigenvalue weighted by molar-refractivity contribution is -0.143. The van der Waals surface area contributed by atoms with E-state index in [-0.39, 0.29) is 17.7 Å². The SMILES string of the molecule is COc1c(F)cc(C(C)C)cc1C(C(=O)O)N1CC[C@H](N(C)CCCCc2ccc3c(n2)NCCC3)C1. The largest absolute Gasteiger partial charge is 0.493 e. The number of carbonyl (C=O) groups is 1. The normalized spacial score (nSPS) is 18.6. The molecule has 8 heteroatoms. The number of nitrogens with zero attached hydrogens (tertiary/aromatic N) is 3. The summed E-state index contributed by atoms with van der Waals surface area (Å²) in [6.45, 7) is 7.16. The molecule has 7 nitrogen and oxygen atoms in total. The van der Waals surface area contributed by atoms with E-state index < -0.39 is 17.8 Å². The average molecular weight is 513 g/mol. The first-order valence-electron chi connectivity index (χ1n) is 13.6. The topological polar surface area (TPSA) is 77.9 Å². The molecule has 2 aliphatic heterocycles. The molecule has 0 spiro atoms. The number of methoxy groups -OCH3 is 1. The predicted molar refractivity (Wildman–Crippen MR) is 144 cm³/mol. The first-order valence-corrected chi connectivity index (χ1v) is 13.6. The molecule has 1 fully saturated rings. The molecule has 0 aliphatic carbocycles. The van der Waals surface area contributed by atoms with Gasteiger partial charge in [-0.05, 0) is 87.4 Å². The van der Waals surface area contributed by atoms with Crippen LogP contribution in [0.25, 0.3) is 0 Å². The van der Waals surface area contributed by atoms with Crippen LogP contribution in [0, 0.1) is 5.82 Å². The molecule has 1 aromatic heterocycles. The molecule has 2 aliphatic rings. The predicted octanol–water partition coefficient (Wildman–Crippen LogP) is 4.87. The second-order valence-corrected chi connectivity index (χ2v) is 10.7. The molecular formula is C29H41FN4O3. The van der Waals surface area contributed by atoms with Crippen molar-refractivity contribution in [2.45, 2.75) is 70.4 Å². The number of carboxylic acid groups (broad SMARTS) is 1. The Hall–Kier alpha value is -2.71. The third-order valence-corrected chi connectivity index (χ3v) is 7.82. The summed E-state index contributed by atoms with van der Waals surface area (Å²) in [5, 5.41) is 13.6. The molecule has 0 saturated carbocycles. The maximum atomic E-state index is 14.8. The van der Waals surface area contributed by atoms with Crippen LogP contribution >= 0.6 is 0 Å². The van der Waals surface area contributed by atoms with Crippen LogP contribution in [0.15, 0.2) is 24.3 Å². The van der Waals surface area contributed by atoms with Crippen molar-refractivity contribution in [3.63, 3.8) is 0 Å². The standard InChI is InChI=1S/C29H41FN4O3/c1-19(2)21-16-24(27(37-4)25(30)17-21)26(29(35)36)34-15-12-23(18-34)33(3)14-6-5-9-22-11-10-20-8-7-13-31-28(20)32-22/h10-11,16-17,19,23,26H,5-9,12-15,18H2,1-4H3,(H,31,32)(H,35,36)/t23-,26?/m0/s1. The van der Waals surface area contributed by atoms with E-state index in [1.54, 1.807) is 6.07 Å². The average Bonchev–Trinajstić information content (AvgIpc) is 3.36. The van der Waals surface area contributed by atoms with E-state index in [1.807, 2.05) is 18.7 Å². The fourth-order valence-corrected chi connectivity index (χ4v) is 5.59. The van der Waals surface area contributed by atoms with Crippen molar-refractivity contribution in [2.24, 2.45) is 0 Å². The number of likely N-dealkylation sites (N-methyl/N-ethyl adjacent to an activating group) is 1. The monoisotopic (exact) mass is 512 g/mol. The van der Waals surface area contributed by atoms with Gasteiger partial charge in [0.05, 0.1) is 7.11 Å². The fraction of sp³-hybridized carbons (Fsp3) is 0.586. The molecule has 0 bridgehead atoms. The van der Waals surface area contributed by atoms with E-state index >= 15 is 0 Å². The first-order chi connectivity index (χ1) is 17.8. The third-order valence-electron chi connectivity index (χ3n) is 7.82. The fourth-order valence-electron chi connectivity index (χ4n) is 5.59. The van der Waals surface area contributed by atoms with E-state index in [1.165, 1.54) is 25.2 Å². The molecule has 37 heavy (non-hydrogen) atoms. The second-order valence-electron chi connectivity index (χ2n) is 10.7. The summed E-state index contributed by atoms with van der Waals surface area (Å²) in [5.74, 6) is -0.324. The highest BCUT2D eigenvalue weighted by atomic mass is 19.1. The summed E-state index contributed by atoms with van der Waals surface area (Å²) < 4.78 is 20.1. The number of hydrogen-bond acceptors (Lipinski definition) is 6. The van der Waals surface area contributed by atoms with Gasteiger partial charge in [-0.2, -0.15) is 0 Å². The zero-order valence-corrected chi connectivity index (χ0v) is 22.6. The Morgan fingerprint density at radius 1 is 1.32 bits per heavy atom. The minimum absolute atomic E-state index is 0.0274. The van der Waals surface area contributed by atoms with Gasteiger partial charge in [-0.3, -0.25) is 9.69 Å². The van der Waals surface area contributed by atoms with Gasteiger partial charge >= 0.3 is 5.97 Å². The van der Waals surface area contributed by atoms with Gasteiger partial charge in [-0.25, -0.2) is 9.37 Å². The van der Waals surface area contributed by atoms with Crippen LogP contribution in [0.2, 0.25) is 0 Å². The maximum Gasteiger partial charge on any atom is 0.325 e. The molecule has 0 amide bonds. The summed E-state index contributed by atoms with van der Waals surface area (Å²) >= 11 is 0. The lowest BCUT2D eigenvalue weighted by Crippen LogP contribution is -2.38. The number of anilines is 1. The Balaban J connectivity index is 1.34. The van der Waals surface area contributed by atoms with Crippen LogP contribution in [-0.2, 0) is 17.6 Å². The summed E-state index contributed by atoms with van der Waals surface area (Å²) in [5.41, 5.74) is 3.62. The highest BCUT2D eigenvalue weighted by Crippen LogP contribution is 2.37. The van der Waals surface area contributed by atoms with Gasteiger partial charge in [0, 0.05) is 36.9 Å². The molecular weight excluding hydrogens is 471 g/mol. The summed E-state index contributed by atoms with van der Waals surface area (Å²) in [6, 6.07) is 6.93. The highest BCUT2D eigenvalue weighted by molar-refractivity contribution is 5.77. The molecule has 2 atom stereocenters. The van der Waals surface area contributed by atoms with E-state index in [2.05, 4.69) is 29.4 Å². The molecule has 2 N–H and O–H groups in total. The number of benzene rings is 1. The van der Waals surface area contributed by atoms with Crippen molar-refractivity contribution in [2.75, 3.05) is 45.7 Å².